The second kappa shape index (κ2) is 11.3. The summed E-state index contributed by atoms with van der Waals surface area (Å²) in [7, 11) is 0. The van der Waals surface area contributed by atoms with Gasteiger partial charge < -0.3 is 14.8 Å². The van der Waals surface area contributed by atoms with Crippen molar-refractivity contribution in [1.82, 2.24) is 10.6 Å². The zero-order valence-corrected chi connectivity index (χ0v) is 16.7. The first kappa shape index (κ1) is 21.7. The molecule has 154 valence electrons. The maximum absolute atomic E-state index is 12.0. The van der Waals surface area contributed by atoms with Crippen LogP contribution in [0.25, 0.3) is 0 Å². The molecule has 1 fully saturated rings. The molecule has 0 spiro atoms. The van der Waals surface area contributed by atoms with Gasteiger partial charge in [-0.25, -0.2) is 4.79 Å². The fourth-order valence-electron chi connectivity index (χ4n) is 3.03. The minimum absolute atomic E-state index is 0.105. The lowest BCUT2D eigenvalue weighted by atomic mass is 9.96. The van der Waals surface area contributed by atoms with Crippen molar-refractivity contribution in [3.8, 4) is 5.75 Å². The van der Waals surface area contributed by atoms with Gasteiger partial charge in [0.15, 0.2) is 6.10 Å². The third kappa shape index (κ3) is 7.98. The van der Waals surface area contributed by atoms with E-state index in [9.17, 15) is 14.4 Å². The average molecular weight is 390 g/mol. The lowest BCUT2D eigenvalue weighted by Crippen LogP contribution is -2.48. The quantitative estimate of drug-likeness (QED) is 0.525. The van der Waals surface area contributed by atoms with Gasteiger partial charge in [0, 0.05) is 12.5 Å². The molecule has 1 atom stereocenters. The van der Waals surface area contributed by atoms with E-state index in [1.807, 2.05) is 31.2 Å². The number of hydrogen-bond acceptors (Lipinski definition) is 5. The highest BCUT2D eigenvalue weighted by atomic mass is 16.5. The average Bonchev–Trinajstić information content (AvgIpc) is 2.67. The Kier molecular flexibility index (Phi) is 8.78. The van der Waals surface area contributed by atoms with Crippen molar-refractivity contribution in [1.29, 1.82) is 0 Å². The monoisotopic (exact) mass is 390 g/mol. The zero-order chi connectivity index (χ0) is 20.4. The molecule has 0 saturated heterocycles. The minimum atomic E-state index is -1.03. The summed E-state index contributed by atoms with van der Waals surface area (Å²) >= 11 is 0. The maximum atomic E-state index is 12.0. The predicted molar refractivity (Wildman–Crippen MR) is 105 cm³/mol. The van der Waals surface area contributed by atoms with Crippen LogP contribution >= 0.6 is 0 Å². The number of carbonyl (C=O) groups excluding carboxylic acids is 3. The van der Waals surface area contributed by atoms with Crippen LogP contribution in [0.2, 0.25) is 0 Å². The Morgan fingerprint density at radius 1 is 1.11 bits per heavy atom. The Bertz CT molecular complexity index is 653. The first-order valence-corrected chi connectivity index (χ1v) is 9.94. The van der Waals surface area contributed by atoms with Gasteiger partial charge in [0.2, 0.25) is 0 Å². The van der Waals surface area contributed by atoms with E-state index in [1.54, 1.807) is 0 Å². The van der Waals surface area contributed by atoms with Crippen LogP contribution < -0.4 is 15.4 Å². The zero-order valence-electron chi connectivity index (χ0n) is 16.7. The van der Waals surface area contributed by atoms with Crippen molar-refractivity contribution in [3.05, 3.63) is 29.8 Å². The van der Waals surface area contributed by atoms with Gasteiger partial charge in [0.25, 0.3) is 5.91 Å². The summed E-state index contributed by atoms with van der Waals surface area (Å²) < 4.78 is 10.6. The van der Waals surface area contributed by atoms with Crippen molar-refractivity contribution in [2.75, 3.05) is 6.61 Å². The van der Waals surface area contributed by atoms with Crippen LogP contribution in [0.1, 0.15) is 57.4 Å². The van der Waals surface area contributed by atoms with Crippen LogP contribution in [0.3, 0.4) is 0 Å². The van der Waals surface area contributed by atoms with Gasteiger partial charge in [-0.15, -0.1) is 0 Å². The standard InChI is InChI=1S/C21H30N2O5/c1-15-10-12-18(13-11-15)27-14-6-9-19(24)28-16(2)20(25)23-21(26)22-17-7-4-3-5-8-17/h10-13,16-17H,3-9,14H2,1-2H3,(H2,22,23,25,26)/t16-/m0/s1. The Hall–Kier alpha value is -2.57. The number of nitrogens with one attached hydrogen (secondary N) is 2. The largest absolute Gasteiger partial charge is 0.494 e. The van der Waals surface area contributed by atoms with Crippen LogP contribution in [0, 0.1) is 6.92 Å². The van der Waals surface area contributed by atoms with Crippen molar-refractivity contribution in [2.45, 2.75) is 70.9 Å². The Morgan fingerprint density at radius 3 is 2.46 bits per heavy atom. The van der Waals surface area contributed by atoms with E-state index in [-0.39, 0.29) is 12.5 Å². The molecule has 0 unspecified atom stereocenters. The normalized spacial score (nSPS) is 15.4. The predicted octanol–water partition coefficient (Wildman–Crippen LogP) is 3.24. The summed E-state index contributed by atoms with van der Waals surface area (Å²) in [5.41, 5.74) is 1.15. The molecule has 2 N–H and O–H groups in total. The number of amides is 3. The van der Waals surface area contributed by atoms with Crippen molar-refractivity contribution in [2.24, 2.45) is 0 Å². The maximum Gasteiger partial charge on any atom is 0.321 e. The second-order valence-corrected chi connectivity index (χ2v) is 7.19. The highest BCUT2D eigenvalue weighted by Crippen LogP contribution is 2.17. The number of imide groups is 1. The van der Waals surface area contributed by atoms with E-state index < -0.39 is 24.0 Å². The van der Waals surface area contributed by atoms with Gasteiger partial charge in [-0.05, 0) is 45.2 Å². The molecule has 28 heavy (non-hydrogen) atoms. The molecule has 2 rings (SSSR count). The summed E-state index contributed by atoms with van der Waals surface area (Å²) in [6, 6.07) is 7.22. The number of aryl methyl sites for hydroxylation is 1. The molecular weight excluding hydrogens is 360 g/mol. The van der Waals surface area contributed by atoms with Gasteiger partial charge in [-0.1, -0.05) is 37.0 Å². The first-order valence-electron chi connectivity index (χ1n) is 9.94. The van der Waals surface area contributed by atoms with Crippen molar-refractivity contribution >= 4 is 17.9 Å². The number of rotatable bonds is 8. The number of benzene rings is 1. The number of urea groups is 1. The first-order chi connectivity index (χ1) is 13.4. The van der Waals surface area contributed by atoms with Gasteiger partial charge in [0.1, 0.15) is 5.75 Å². The molecule has 0 aromatic heterocycles. The molecule has 7 nitrogen and oxygen atoms in total. The lowest BCUT2D eigenvalue weighted by Gasteiger charge is -2.23. The van der Waals surface area contributed by atoms with E-state index in [0.29, 0.717) is 13.0 Å². The molecule has 1 aliphatic rings. The lowest BCUT2D eigenvalue weighted by molar-refractivity contribution is -0.154. The fraction of sp³-hybridized carbons (Fsp3) is 0.571. The van der Waals surface area contributed by atoms with Crippen LogP contribution in [0.15, 0.2) is 24.3 Å². The van der Waals surface area contributed by atoms with Crippen LogP contribution in [-0.2, 0) is 14.3 Å². The smallest absolute Gasteiger partial charge is 0.321 e. The van der Waals surface area contributed by atoms with Crippen LogP contribution in [-0.4, -0.2) is 36.7 Å². The summed E-state index contributed by atoms with van der Waals surface area (Å²) in [6.07, 6.45) is 4.79. The molecule has 1 aliphatic carbocycles. The molecule has 1 aromatic rings. The Morgan fingerprint density at radius 2 is 1.79 bits per heavy atom. The highest BCUT2D eigenvalue weighted by Gasteiger charge is 2.22. The molecule has 1 aromatic carbocycles. The van der Waals surface area contributed by atoms with Crippen molar-refractivity contribution < 1.29 is 23.9 Å². The summed E-state index contributed by atoms with van der Waals surface area (Å²) in [5.74, 6) is -0.379. The Labute approximate surface area is 166 Å². The van der Waals surface area contributed by atoms with E-state index in [1.165, 1.54) is 13.3 Å². The SMILES string of the molecule is Cc1ccc(OCCCC(=O)O[C@@H](C)C(=O)NC(=O)NC2CCCCC2)cc1. The van der Waals surface area contributed by atoms with Gasteiger partial charge in [0.05, 0.1) is 6.61 Å². The highest BCUT2D eigenvalue weighted by molar-refractivity contribution is 5.97. The number of ether oxygens (including phenoxy) is 2. The van der Waals surface area contributed by atoms with Crippen LogP contribution in [0.4, 0.5) is 4.79 Å². The third-order valence-electron chi connectivity index (χ3n) is 4.67. The molecular formula is C21H30N2O5. The van der Waals surface area contributed by atoms with Gasteiger partial charge >= 0.3 is 12.0 Å². The molecule has 0 radical (unpaired) electrons. The summed E-state index contributed by atoms with van der Waals surface area (Å²) in [4.78, 5) is 35.7. The molecule has 0 aliphatic heterocycles. The fourth-order valence-corrected chi connectivity index (χ4v) is 3.03. The molecule has 0 heterocycles. The van der Waals surface area contributed by atoms with Crippen molar-refractivity contribution in [3.63, 3.8) is 0 Å². The number of hydrogen-bond donors (Lipinski definition) is 2. The van der Waals surface area contributed by atoms with Gasteiger partial charge in [-0.3, -0.25) is 14.9 Å². The van der Waals surface area contributed by atoms with E-state index in [2.05, 4.69) is 10.6 Å². The molecule has 3 amide bonds. The second-order valence-electron chi connectivity index (χ2n) is 7.19. The van der Waals surface area contributed by atoms with Crippen LogP contribution in [0.5, 0.6) is 5.75 Å². The summed E-state index contributed by atoms with van der Waals surface area (Å²) in [5, 5.41) is 5.03. The minimum Gasteiger partial charge on any atom is -0.494 e. The topological polar surface area (TPSA) is 93.7 Å². The Balaban J connectivity index is 1.60. The van der Waals surface area contributed by atoms with E-state index in [0.717, 1.165) is 37.0 Å². The summed E-state index contributed by atoms with van der Waals surface area (Å²) in [6.45, 7) is 3.82. The molecule has 1 saturated carbocycles. The molecule has 0 bridgehead atoms. The van der Waals surface area contributed by atoms with E-state index >= 15 is 0 Å². The number of carbonyl (C=O) groups is 3. The third-order valence-corrected chi connectivity index (χ3v) is 4.67. The molecule has 7 heteroatoms. The van der Waals surface area contributed by atoms with Gasteiger partial charge in [-0.2, -0.15) is 0 Å². The number of esters is 1. The van der Waals surface area contributed by atoms with E-state index in [4.69, 9.17) is 9.47 Å².